The summed E-state index contributed by atoms with van der Waals surface area (Å²) >= 11 is 0. The smallest absolute Gasteiger partial charge is 0.339 e. The van der Waals surface area contributed by atoms with Gasteiger partial charge in [-0.1, -0.05) is 32.0 Å². The van der Waals surface area contributed by atoms with Crippen molar-refractivity contribution < 1.29 is 28.6 Å². The molecule has 0 aliphatic carbocycles. The zero-order valence-corrected chi connectivity index (χ0v) is 17.1. The van der Waals surface area contributed by atoms with Gasteiger partial charge < -0.3 is 19.5 Å². The third kappa shape index (κ3) is 5.34. The van der Waals surface area contributed by atoms with E-state index in [2.05, 4.69) is 5.32 Å². The maximum Gasteiger partial charge on any atom is 0.339 e. The fraction of sp³-hybridized carbons (Fsp3) is 0.318. The van der Waals surface area contributed by atoms with Crippen molar-refractivity contribution in [1.29, 1.82) is 0 Å². The molecule has 2 rings (SSSR count). The summed E-state index contributed by atoms with van der Waals surface area (Å²) in [6, 6.07) is 11.7. The van der Waals surface area contributed by atoms with Gasteiger partial charge in [0.15, 0.2) is 6.10 Å². The Morgan fingerprint density at radius 3 is 2.17 bits per heavy atom. The number of methoxy groups -OCH3 is 2. The summed E-state index contributed by atoms with van der Waals surface area (Å²) in [6.07, 6.45) is -0.845. The third-order valence-electron chi connectivity index (χ3n) is 4.32. The van der Waals surface area contributed by atoms with Crippen LogP contribution in [0.1, 0.15) is 53.0 Å². The van der Waals surface area contributed by atoms with Crippen LogP contribution in [0.25, 0.3) is 0 Å². The van der Waals surface area contributed by atoms with Crippen molar-refractivity contribution >= 4 is 23.5 Å². The van der Waals surface area contributed by atoms with Crippen LogP contribution >= 0.6 is 0 Å². The molecule has 0 fully saturated rings. The lowest BCUT2D eigenvalue weighted by molar-refractivity contribution is -0.122. The van der Waals surface area contributed by atoms with Gasteiger partial charge in [0, 0.05) is 0 Å². The predicted molar refractivity (Wildman–Crippen MR) is 108 cm³/mol. The average molecular weight is 399 g/mol. The summed E-state index contributed by atoms with van der Waals surface area (Å²) < 4.78 is 15.3. The molecule has 0 radical (unpaired) electrons. The van der Waals surface area contributed by atoms with Gasteiger partial charge in [0.1, 0.15) is 5.75 Å². The van der Waals surface area contributed by atoms with Crippen molar-refractivity contribution in [3.05, 3.63) is 59.2 Å². The molecule has 0 aliphatic heterocycles. The van der Waals surface area contributed by atoms with Crippen LogP contribution in [-0.2, 0) is 14.3 Å². The number of amides is 1. The molecule has 0 unspecified atom stereocenters. The lowest BCUT2D eigenvalue weighted by atomic mass is 10.0. The highest BCUT2D eigenvalue weighted by Gasteiger charge is 2.21. The zero-order valence-electron chi connectivity index (χ0n) is 17.1. The number of nitrogens with one attached hydrogen (secondary N) is 1. The molecule has 0 saturated carbocycles. The van der Waals surface area contributed by atoms with Gasteiger partial charge in [-0.25, -0.2) is 9.59 Å². The van der Waals surface area contributed by atoms with Crippen LogP contribution in [0.4, 0.5) is 5.69 Å². The van der Waals surface area contributed by atoms with Crippen molar-refractivity contribution in [2.24, 2.45) is 0 Å². The van der Waals surface area contributed by atoms with E-state index >= 15 is 0 Å². The molecule has 0 bridgehead atoms. The Morgan fingerprint density at radius 2 is 1.55 bits per heavy atom. The Hall–Kier alpha value is -3.35. The first kappa shape index (κ1) is 21.9. The van der Waals surface area contributed by atoms with Crippen molar-refractivity contribution in [2.45, 2.75) is 32.8 Å². The Kier molecular flexibility index (Phi) is 7.36. The van der Waals surface area contributed by atoms with Gasteiger partial charge in [0.05, 0.1) is 31.0 Å². The molecule has 2 aromatic carbocycles. The van der Waals surface area contributed by atoms with Gasteiger partial charge >= 0.3 is 11.9 Å². The van der Waals surface area contributed by atoms with Crippen LogP contribution in [0.3, 0.4) is 0 Å². The van der Waals surface area contributed by atoms with Crippen molar-refractivity contribution in [3.63, 3.8) is 0 Å². The molecule has 0 aliphatic rings. The molecule has 0 spiro atoms. The quantitative estimate of drug-likeness (QED) is 0.713. The molecular weight excluding hydrogens is 374 g/mol. The minimum atomic E-state index is -0.845. The number of benzene rings is 2. The van der Waals surface area contributed by atoms with Gasteiger partial charge in [0.2, 0.25) is 0 Å². The Labute approximate surface area is 170 Å². The highest BCUT2D eigenvalue weighted by molar-refractivity contribution is 6.04. The van der Waals surface area contributed by atoms with Crippen LogP contribution in [0.2, 0.25) is 0 Å². The molecule has 1 amide bonds. The third-order valence-corrected chi connectivity index (χ3v) is 4.32. The minimum absolute atomic E-state index is 0.114. The van der Waals surface area contributed by atoms with Crippen molar-refractivity contribution in [2.75, 3.05) is 19.5 Å². The Morgan fingerprint density at radius 1 is 0.897 bits per heavy atom. The molecule has 0 aromatic heterocycles. The van der Waals surface area contributed by atoms with E-state index in [0.717, 1.165) is 5.56 Å². The fourth-order valence-corrected chi connectivity index (χ4v) is 2.72. The van der Waals surface area contributed by atoms with E-state index in [1.165, 1.54) is 32.4 Å². The molecule has 1 N–H and O–H groups in total. The molecule has 7 nitrogen and oxygen atoms in total. The Balaban J connectivity index is 2.26. The molecule has 29 heavy (non-hydrogen) atoms. The number of carbonyl (C=O) groups excluding carboxylic acids is 3. The second kappa shape index (κ2) is 9.73. The number of carbonyl (C=O) groups is 3. The van der Waals surface area contributed by atoms with Gasteiger partial charge in [0.25, 0.3) is 5.91 Å². The fourth-order valence-electron chi connectivity index (χ4n) is 2.72. The second-order valence-electron chi connectivity index (χ2n) is 6.69. The van der Waals surface area contributed by atoms with Gasteiger partial charge in [-0.15, -0.1) is 0 Å². The van der Waals surface area contributed by atoms with E-state index in [9.17, 15) is 14.4 Å². The maximum absolute atomic E-state index is 12.7. The molecule has 0 saturated heterocycles. The lowest BCUT2D eigenvalue weighted by Crippen LogP contribution is -2.31. The number of para-hydroxylation sites is 1. The molecule has 2 aromatic rings. The van der Waals surface area contributed by atoms with Crippen LogP contribution in [0.15, 0.2) is 42.5 Å². The van der Waals surface area contributed by atoms with E-state index in [0.29, 0.717) is 5.75 Å². The largest absolute Gasteiger partial charge is 0.481 e. The highest BCUT2D eigenvalue weighted by Crippen LogP contribution is 2.27. The average Bonchev–Trinajstić information content (AvgIpc) is 2.72. The van der Waals surface area contributed by atoms with E-state index in [1.54, 1.807) is 13.0 Å². The number of anilines is 1. The molecule has 154 valence electrons. The summed E-state index contributed by atoms with van der Waals surface area (Å²) in [5, 5.41) is 2.64. The highest BCUT2D eigenvalue weighted by atomic mass is 16.5. The van der Waals surface area contributed by atoms with E-state index in [-0.39, 0.29) is 22.7 Å². The van der Waals surface area contributed by atoms with Gasteiger partial charge in [-0.05, 0) is 42.7 Å². The number of rotatable bonds is 7. The van der Waals surface area contributed by atoms with E-state index in [1.807, 2.05) is 32.0 Å². The summed E-state index contributed by atoms with van der Waals surface area (Å²) in [5.74, 6) is -0.871. The topological polar surface area (TPSA) is 90.9 Å². The van der Waals surface area contributed by atoms with E-state index < -0.39 is 23.9 Å². The summed E-state index contributed by atoms with van der Waals surface area (Å²) in [4.78, 5) is 36.5. The number of ether oxygens (including phenoxy) is 3. The minimum Gasteiger partial charge on any atom is -0.481 e. The van der Waals surface area contributed by atoms with Crippen LogP contribution in [0, 0.1) is 0 Å². The Bertz CT molecular complexity index is 906. The number of hydrogen-bond acceptors (Lipinski definition) is 6. The first-order chi connectivity index (χ1) is 13.8. The van der Waals surface area contributed by atoms with Crippen LogP contribution < -0.4 is 10.1 Å². The monoisotopic (exact) mass is 399 g/mol. The first-order valence-electron chi connectivity index (χ1n) is 9.15. The summed E-state index contributed by atoms with van der Waals surface area (Å²) in [6.45, 7) is 5.68. The zero-order chi connectivity index (χ0) is 21.6. The number of hydrogen-bond donors (Lipinski definition) is 1. The molecule has 1 atom stereocenters. The standard InChI is InChI=1S/C22H25NO6/c1-13(2)16-8-6-7-9-19(16)29-14(3)20(24)23-18-12-15(21(25)27-4)10-11-17(18)22(26)28-5/h6-14H,1-5H3,(H,23,24)/t14-/m0/s1. The SMILES string of the molecule is COC(=O)c1ccc(C(=O)OC)c(NC(=O)[C@H](C)Oc2ccccc2C(C)C)c1. The van der Waals surface area contributed by atoms with Crippen molar-refractivity contribution in [1.82, 2.24) is 0 Å². The van der Waals surface area contributed by atoms with Crippen LogP contribution in [-0.4, -0.2) is 38.2 Å². The van der Waals surface area contributed by atoms with E-state index in [4.69, 9.17) is 14.2 Å². The maximum atomic E-state index is 12.7. The molecular formula is C22H25NO6. The predicted octanol–water partition coefficient (Wildman–Crippen LogP) is 3.79. The lowest BCUT2D eigenvalue weighted by Gasteiger charge is -2.19. The molecule has 7 heteroatoms. The first-order valence-corrected chi connectivity index (χ1v) is 9.15. The van der Waals surface area contributed by atoms with Crippen LogP contribution in [0.5, 0.6) is 5.75 Å². The summed E-state index contributed by atoms with van der Waals surface area (Å²) in [7, 11) is 2.48. The van der Waals surface area contributed by atoms with Gasteiger partial charge in [-0.3, -0.25) is 4.79 Å². The van der Waals surface area contributed by atoms with Gasteiger partial charge in [-0.2, -0.15) is 0 Å². The number of esters is 2. The van der Waals surface area contributed by atoms with Crippen molar-refractivity contribution in [3.8, 4) is 5.75 Å². The summed E-state index contributed by atoms with van der Waals surface area (Å²) in [5.41, 5.74) is 1.42. The normalized spacial score (nSPS) is 11.5. The second-order valence-corrected chi connectivity index (χ2v) is 6.69. The molecule has 0 heterocycles.